The van der Waals surface area contributed by atoms with E-state index in [1.807, 2.05) is 5.01 Å². The average Bonchev–Trinajstić information content (AvgIpc) is 3.27. The molecule has 2 aromatic rings. The van der Waals surface area contributed by atoms with Crippen molar-refractivity contribution < 1.29 is 49.0 Å². The highest BCUT2D eigenvalue weighted by atomic mass is 32.2. The fourth-order valence-corrected chi connectivity index (χ4v) is 6.46. The molecule has 42 heavy (non-hydrogen) atoms. The zero-order valence-corrected chi connectivity index (χ0v) is 23.0. The lowest BCUT2D eigenvalue weighted by atomic mass is 9.89. The number of hydrazine groups is 1. The highest BCUT2D eigenvalue weighted by Gasteiger charge is 2.47. The van der Waals surface area contributed by atoms with Gasteiger partial charge in [-0.3, -0.25) is 5.01 Å². The van der Waals surface area contributed by atoms with E-state index >= 15 is 0 Å². The summed E-state index contributed by atoms with van der Waals surface area (Å²) in [5.74, 6) is -1.56. The Kier molecular flexibility index (Phi) is 8.51. The number of nitrogens with zero attached hydrogens (tertiary/aromatic N) is 2. The lowest BCUT2D eigenvalue weighted by Crippen LogP contribution is -2.60. The Bertz CT molecular complexity index is 1370. The van der Waals surface area contributed by atoms with Gasteiger partial charge >= 0.3 is 12.4 Å². The van der Waals surface area contributed by atoms with Gasteiger partial charge in [0.2, 0.25) is 10.0 Å². The first-order valence-electron chi connectivity index (χ1n) is 13.2. The number of alkyl halides is 6. The van der Waals surface area contributed by atoms with E-state index in [4.69, 9.17) is 14.2 Å². The Morgan fingerprint density at radius 1 is 0.976 bits per heavy atom. The van der Waals surface area contributed by atoms with Gasteiger partial charge in [-0.15, -0.1) is 0 Å². The van der Waals surface area contributed by atoms with Crippen LogP contribution in [0.3, 0.4) is 0 Å². The lowest BCUT2D eigenvalue weighted by molar-refractivity contribution is -0.137. The molecule has 0 aliphatic carbocycles. The summed E-state index contributed by atoms with van der Waals surface area (Å²) < 4.78 is 121. The molecule has 0 amide bonds. The van der Waals surface area contributed by atoms with Crippen molar-refractivity contribution in [3.05, 3.63) is 71.9 Å². The minimum absolute atomic E-state index is 0.144. The highest BCUT2D eigenvalue weighted by molar-refractivity contribution is 7.89. The van der Waals surface area contributed by atoms with E-state index < -0.39 is 45.5 Å². The van der Waals surface area contributed by atoms with Gasteiger partial charge < -0.3 is 14.2 Å². The summed E-state index contributed by atoms with van der Waals surface area (Å²) in [7, 11) is -4.72. The fraction of sp³-hybridized carbons (Fsp3) is 0.481. The van der Waals surface area contributed by atoms with Crippen molar-refractivity contribution in [1.82, 2.24) is 9.73 Å². The molecule has 0 bridgehead atoms. The third kappa shape index (κ3) is 7.19. The number of ether oxygens (including phenoxy) is 3. The van der Waals surface area contributed by atoms with Gasteiger partial charge in [-0.25, -0.2) is 8.42 Å². The van der Waals surface area contributed by atoms with Gasteiger partial charge in [0.05, 0.1) is 24.5 Å². The summed E-state index contributed by atoms with van der Waals surface area (Å²) in [6.07, 6.45) is -5.03. The zero-order chi connectivity index (χ0) is 30.2. The van der Waals surface area contributed by atoms with Crippen molar-refractivity contribution in [2.24, 2.45) is 5.92 Å². The van der Waals surface area contributed by atoms with Gasteiger partial charge in [0.15, 0.2) is 12.0 Å². The van der Waals surface area contributed by atoms with E-state index in [0.29, 0.717) is 31.0 Å². The Balaban J connectivity index is 1.39. The number of hydrogen-bond donors (Lipinski definition) is 1. The Morgan fingerprint density at radius 2 is 1.67 bits per heavy atom. The van der Waals surface area contributed by atoms with Crippen LogP contribution in [-0.4, -0.2) is 64.6 Å². The van der Waals surface area contributed by atoms with Crippen LogP contribution in [0.1, 0.15) is 24.0 Å². The minimum atomic E-state index is -4.91. The molecule has 0 saturated carbocycles. The van der Waals surface area contributed by atoms with Crippen molar-refractivity contribution in [2.75, 3.05) is 43.7 Å². The van der Waals surface area contributed by atoms with Crippen LogP contribution in [0.5, 0.6) is 5.75 Å². The molecule has 15 heteroatoms. The summed E-state index contributed by atoms with van der Waals surface area (Å²) >= 11 is 0. The van der Waals surface area contributed by atoms with Crippen molar-refractivity contribution in [3.63, 3.8) is 0 Å². The van der Waals surface area contributed by atoms with Crippen LogP contribution in [-0.2, 0) is 31.2 Å². The summed E-state index contributed by atoms with van der Waals surface area (Å²) in [4.78, 5) is 0. The number of halogens is 6. The first-order valence-corrected chi connectivity index (χ1v) is 14.8. The van der Waals surface area contributed by atoms with Crippen molar-refractivity contribution >= 4 is 15.7 Å². The summed E-state index contributed by atoms with van der Waals surface area (Å²) in [6.45, 7) is 1.40. The molecule has 3 heterocycles. The molecular formula is C27H29F6N3O5S. The maximum absolute atomic E-state index is 13.0. The first-order chi connectivity index (χ1) is 19.7. The Morgan fingerprint density at radius 3 is 2.26 bits per heavy atom. The predicted molar refractivity (Wildman–Crippen MR) is 140 cm³/mol. The Hall–Kier alpha value is -2.85. The van der Waals surface area contributed by atoms with Gasteiger partial charge in [0, 0.05) is 26.0 Å². The molecule has 5 rings (SSSR count). The minimum Gasteiger partial charge on any atom is -0.470 e. The molecule has 3 aliphatic heterocycles. The fourth-order valence-electron chi connectivity index (χ4n) is 5.13. The molecule has 2 aromatic carbocycles. The number of benzene rings is 2. The van der Waals surface area contributed by atoms with E-state index in [0.717, 1.165) is 25.0 Å². The molecule has 1 unspecified atom stereocenters. The van der Waals surface area contributed by atoms with Crippen molar-refractivity contribution in [2.45, 2.75) is 37.0 Å². The van der Waals surface area contributed by atoms with E-state index in [-0.39, 0.29) is 24.9 Å². The lowest BCUT2D eigenvalue weighted by Gasteiger charge is -2.43. The highest BCUT2D eigenvalue weighted by Crippen LogP contribution is 2.36. The van der Waals surface area contributed by atoms with Crippen LogP contribution in [0.25, 0.3) is 0 Å². The van der Waals surface area contributed by atoms with E-state index in [2.05, 4.69) is 4.72 Å². The molecule has 0 radical (unpaired) electrons. The monoisotopic (exact) mass is 621 g/mol. The number of hydrogen-bond acceptors (Lipinski definition) is 7. The SMILES string of the molecule is O=S(=O)(CC(F)(F)F)NC1(c2cccc(N3C=CC(Oc4ccc(C(F)(F)F)cc4)N3CC3CCOCC3)c2)COC1. The second-order valence-corrected chi connectivity index (χ2v) is 12.2. The van der Waals surface area contributed by atoms with E-state index in [9.17, 15) is 34.8 Å². The molecule has 1 N–H and O–H groups in total. The van der Waals surface area contributed by atoms with Crippen LogP contribution < -0.4 is 14.5 Å². The van der Waals surface area contributed by atoms with Gasteiger partial charge in [-0.05, 0) is 66.8 Å². The largest absolute Gasteiger partial charge is 0.470 e. The average molecular weight is 622 g/mol. The number of sulfonamides is 1. The molecular weight excluding hydrogens is 592 g/mol. The Labute approximate surface area is 238 Å². The van der Waals surface area contributed by atoms with Gasteiger partial charge in [0.25, 0.3) is 0 Å². The molecule has 0 spiro atoms. The topological polar surface area (TPSA) is 80.3 Å². The molecule has 2 saturated heterocycles. The molecule has 2 fully saturated rings. The van der Waals surface area contributed by atoms with Crippen LogP contribution in [0, 0.1) is 5.92 Å². The number of anilines is 1. The van der Waals surface area contributed by atoms with E-state index in [1.165, 1.54) is 12.1 Å². The van der Waals surface area contributed by atoms with Crippen LogP contribution in [0.4, 0.5) is 32.0 Å². The standard InChI is InChI=1S/C27H29F6N3O5S/c28-26(29,30)18-42(37,38)34-25(16-40-17-25)21-2-1-3-22(14-21)35-11-8-24(36(35)15-19-9-12-39-13-10-19)41-23-6-4-20(5-7-23)27(31,32)33/h1-8,11,14,19,24,34H,9-10,12-13,15-18H2. The molecule has 8 nitrogen and oxygen atoms in total. The third-order valence-corrected chi connectivity index (χ3v) is 8.66. The smallest absolute Gasteiger partial charge is 0.416 e. The number of nitrogens with one attached hydrogen (secondary N) is 1. The molecule has 0 aromatic heterocycles. The summed E-state index contributed by atoms with van der Waals surface area (Å²) in [6, 6.07) is 11.1. The van der Waals surface area contributed by atoms with Crippen LogP contribution in [0.2, 0.25) is 0 Å². The summed E-state index contributed by atoms with van der Waals surface area (Å²) in [5, 5.41) is 3.68. The quantitative estimate of drug-likeness (QED) is 0.404. The van der Waals surface area contributed by atoms with Crippen molar-refractivity contribution in [1.29, 1.82) is 0 Å². The second kappa shape index (κ2) is 11.7. The van der Waals surface area contributed by atoms with Crippen LogP contribution >= 0.6 is 0 Å². The van der Waals surface area contributed by atoms with Gasteiger partial charge in [-0.2, -0.15) is 36.1 Å². The van der Waals surface area contributed by atoms with Crippen LogP contribution in [0.15, 0.2) is 60.8 Å². The second-order valence-electron chi connectivity index (χ2n) is 10.5. The molecule has 3 aliphatic rings. The third-order valence-electron chi connectivity index (χ3n) is 7.25. The molecule has 230 valence electrons. The predicted octanol–water partition coefficient (Wildman–Crippen LogP) is 4.80. The maximum Gasteiger partial charge on any atom is 0.416 e. The zero-order valence-electron chi connectivity index (χ0n) is 22.2. The van der Waals surface area contributed by atoms with E-state index in [1.54, 1.807) is 41.6 Å². The summed E-state index contributed by atoms with van der Waals surface area (Å²) in [5.41, 5.74) is -1.17. The van der Waals surface area contributed by atoms with Crippen molar-refractivity contribution in [3.8, 4) is 5.75 Å². The maximum atomic E-state index is 13.0. The molecule has 1 atom stereocenters. The van der Waals surface area contributed by atoms with Gasteiger partial charge in [0.1, 0.15) is 11.3 Å². The number of rotatable bonds is 9. The normalized spacial score (nSPS) is 21.9. The van der Waals surface area contributed by atoms with Gasteiger partial charge in [-0.1, -0.05) is 12.1 Å². The first kappa shape index (κ1) is 30.6.